The highest BCUT2D eigenvalue weighted by molar-refractivity contribution is 5.94. The van der Waals surface area contributed by atoms with Crippen LogP contribution in [0.3, 0.4) is 0 Å². The van der Waals surface area contributed by atoms with Crippen molar-refractivity contribution in [1.29, 1.82) is 0 Å². The van der Waals surface area contributed by atoms with E-state index in [4.69, 9.17) is 10.5 Å². The van der Waals surface area contributed by atoms with E-state index < -0.39 is 5.91 Å². The van der Waals surface area contributed by atoms with Gasteiger partial charge in [-0.1, -0.05) is 6.07 Å². The fourth-order valence-corrected chi connectivity index (χ4v) is 2.83. The molecule has 1 heterocycles. The number of nitrogens with two attached hydrogens (primary N) is 1. The summed E-state index contributed by atoms with van der Waals surface area (Å²) < 4.78 is 5.25. The number of amides is 2. The Kier molecular flexibility index (Phi) is 8.57. The predicted octanol–water partition coefficient (Wildman–Crippen LogP) is 1.43. The number of primary amides is 1. The van der Waals surface area contributed by atoms with Crippen molar-refractivity contribution in [1.82, 2.24) is 10.2 Å². The minimum Gasteiger partial charge on any atom is -0.484 e. The van der Waals surface area contributed by atoms with Crippen molar-refractivity contribution >= 4 is 24.2 Å². The third-order valence-corrected chi connectivity index (χ3v) is 4.17. The van der Waals surface area contributed by atoms with Gasteiger partial charge < -0.3 is 20.7 Å². The lowest BCUT2D eigenvalue weighted by Gasteiger charge is -2.32. The first-order valence-electron chi connectivity index (χ1n) is 8.05. The second kappa shape index (κ2) is 10.2. The van der Waals surface area contributed by atoms with E-state index in [2.05, 4.69) is 5.32 Å². The number of nitrogens with one attached hydrogen (secondary N) is 1. The van der Waals surface area contributed by atoms with Gasteiger partial charge in [0.05, 0.1) is 0 Å². The topological polar surface area (TPSA) is 84.7 Å². The normalized spacial score (nSPS) is 14.8. The molecule has 6 nitrogen and oxygen atoms in total. The zero-order valence-electron chi connectivity index (χ0n) is 14.0. The zero-order valence-corrected chi connectivity index (χ0v) is 14.8. The predicted molar refractivity (Wildman–Crippen MR) is 95.6 cm³/mol. The summed E-state index contributed by atoms with van der Waals surface area (Å²) in [6, 6.07) is 6.90. The number of likely N-dealkylation sites (tertiary alicyclic amines) is 1. The van der Waals surface area contributed by atoms with E-state index in [9.17, 15) is 9.59 Å². The van der Waals surface area contributed by atoms with Crippen molar-refractivity contribution in [3.63, 3.8) is 0 Å². The van der Waals surface area contributed by atoms with Crippen LogP contribution in [0.1, 0.15) is 29.6 Å². The third kappa shape index (κ3) is 6.02. The number of hydrogen-bond acceptors (Lipinski definition) is 4. The number of piperidine rings is 1. The van der Waals surface area contributed by atoms with Crippen molar-refractivity contribution < 1.29 is 14.3 Å². The molecule has 0 radical (unpaired) electrons. The Morgan fingerprint density at radius 2 is 2.04 bits per heavy atom. The molecule has 1 aliphatic rings. The van der Waals surface area contributed by atoms with Crippen LogP contribution in [0.5, 0.6) is 5.75 Å². The van der Waals surface area contributed by atoms with Crippen LogP contribution in [0.15, 0.2) is 24.3 Å². The lowest BCUT2D eigenvalue weighted by molar-refractivity contribution is -0.119. The molecule has 0 unspecified atom stereocenters. The van der Waals surface area contributed by atoms with E-state index in [1.165, 1.54) is 0 Å². The number of nitrogens with zero attached hydrogens (tertiary/aromatic N) is 1. The first-order chi connectivity index (χ1) is 11.1. The lowest BCUT2D eigenvalue weighted by Crippen LogP contribution is -2.39. The van der Waals surface area contributed by atoms with Gasteiger partial charge in [0.25, 0.3) is 11.8 Å². The van der Waals surface area contributed by atoms with Crippen LogP contribution in [0.4, 0.5) is 0 Å². The van der Waals surface area contributed by atoms with E-state index >= 15 is 0 Å². The molecule has 0 aliphatic carbocycles. The van der Waals surface area contributed by atoms with E-state index in [-0.39, 0.29) is 24.9 Å². The molecule has 134 valence electrons. The van der Waals surface area contributed by atoms with Gasteiger partial charge in [-0.05, 0) is 57.0 Å². The van der Waals surface area contributed by atoms with Gasteiger partial charge in [0.15, 0.2) is 6.61 Å². The Morgan fingerprint density at radius 3 is 2.67 bits per heavy atom. The highest BCUT2D eigenvalue weighted by Gasteiger charge is 2.23. The molecule has 7 heteroatoms. The maximum Gasteiger partial charge on any atom is 0.255 e. The summed E-state index contributed by atoms with van der Waals surface area (Å²) in [4.78, 5) is 25.2. The van der Waals surface area contributed by atoms with Gasteiger partial charge in [-0.2, -0.15) is 0 Å². The van der Waals surface area contributed by atoms with Crippen LogP contribution in [0, 0.1) is 5.92 Å². The smallest absolute Gasteiger partial charge is 0.255 e. The van der Waals surface area contributed by atoms with E-state index in [0.717, 1.165) is 38.9 Å². The summed E-state index contributed by atoms with van der Waals surface area (Å²) in [7, 11) is 1.96. The van der Waals surface area contributed by atoms with Crippen molar-refractivity contribution in [2.24, 2.45) is 11.7 Å². The summed E-state index contributed by atoms with van der Waals surface area (Å²) in [5.74, 6) is 0.655. The maximum atomic E-state index is 12.6. The Morgan fingerprint density at radius 1 is 1.33 bits per heavy atom. The second-order valence-corrected chi connectivity index (χ2v) is 5.91. The average Bonchev–Trinajstić information content (AvgIpc) is 2.58. The molecular formula is C17H26ClN3O3. The molecule has 2 amide bonds. The number of hydrogen-bond donors (Lipinski definition) is 2. The van der Waals surface area contributed by atoms with Gasteiger partial charge in [-0.25, -0.2) is 0 Å². The van der Waals surface area contributed by atoms with E-state index in [1.54, 1.807) is 24.3 Å². The Labute approximate surface area is 149 Å². The van der Waals surface area contributed by atoms with Crippen LogP contribution in [0.25, 0.3) is 0 Å². The molecule has 1 aromatic rings. The minimum atomic E-state index is -0.537. The number of halogens is 1. The van der Waals surface area contributed by atoms with Gasteiger partial charge in [-0.15, -0.1) is 12.4 Å². The molecule has 1 fully saturated rings. The molecule has 0 spiro atoms. The number of carbonyl (C=O) groups is 2. The number of benzene rings is 1. The lowest BCUT2D eigenvalue weighted by atomic mass is 9.93. The third-order valence-electron chi connectivity index (χ3n) is 4.17. The minimum absolute atomic E-state index is 0. The molecule has 3 N–H and O–H groups in total. The van der Waals surface area contributed by atoms with Crippen molar-refractivity contribution in [3.05, 3.63) is 29.8 Å². The summed E-state index contributed by atoms with van der Waals surface area (Å²) in [5, 5.41) is 3.17. The maximum absolute atomic E-state index is 12.6. The molecule has 1 aromatic carbocycles. The van der Waals surface area contributed by atoms with Crippen LogP contribution in [-0.2, 0) is 4.79 Å². The number of rotatable bonds is 7. The van der Waals surface area contributed by atoms with Crippen LogP contribution < -0.4 is 15.8 Å². The summed E-state index contributed by atoms with van der Waals surface area (Å²) in [6.45, 7) is 2.42. The fourth-order valence-electron chi connectivity index (χ4n) is 2.83. The molecule has 0 saturated carbocycles. The summed E-state index contributed by atoms with van der Waals surface area (Å²) >= 11 is 0. The largest absolute Gasteiger partial charge is 0.484 e. The van der Waals surface area contributed by atoms with E-state index in [1.807, 2.05) is 11.9 Å². The van der Waals surface area contributed by atoms with Crippen LogP contribution in [-0.4, -0.2) is 50.0 Å². The van der Waals surface area contributed by atoms with Crippen LogP contribution >= 0.6 is 12.4 Å². The quantitative estimate of drug-likeness (QED) is 0.775. The fraction of sp³-hybridized carbons (Fsp3) is 0.529. The first-order valence-corrected chi connectivity index (χ1v) is 8.05. The molecule has 1 aliphatic heterocycles. The standard InChI is InChI=1S/C17H25N3O3.ClH/c1-19-8-5-13-6-9-20(10-7-13)17(22)14-3-2-4-15(11-14)23-12-16(18)21;/h2-4,11,13,19H,5-10,12H2,1H3,(H2,18,21);1H. The van der Waals surface area contributed by atoms with Crippen molar-refractivity contribution in [2.75, 3.05) is 33.3 Å². The average molecular weight is 356 g/mol. The Balaban J connectivity index is 0.00000288. The molecule has 2 rings (SSSR count). The van der Waals surface area contributed by atoms with Gasteiger partial charge in [-0.3, -0.25) is 9.59 Å². The van der Waals surface area contributed by atoms with Crippen molar-refractivity contribution in [3.8, 4) is 5.75 Å². The van der Waals surface area contributed by atoms with Gasteiger partial charge in [0.2, 0.25) is 0 Å². The van der Waals surface area contributed by atoms with E-state index in [0.29, 0.717) is 17.2 Å². The molecule has 0 atom stereocenters. The molecule has 1 saturated heterocycles. The molecule has 24 heavy (non-hydrogen) atoms. The van der Waals surface area contributed by atoms with Gasteiger partial charge in [0, 0.05) is 18.7 Å². The number of carbonyl (C=O) groups excluding carboxylic acids is 2. The van der Waals surface area contributed by atoms with Gasteiger partial charge in [0.1, 0.15) is 5.75 Å². The molecular weight excluding hydrogens is 330 g/mol. The molecule has 0 bridgehead atoms. The number of ether oxygens (including phenoxy) is 1. The summed E-state index contributed by atoms with van der Waals surface area (Å²) in [5.41, 5.74) is 5.64. The first kappa shape index (κ1) is 20.3. The van der Waals surface area contributed by atoms with Crippen LogP contribution in [0.2, 0.25) is 0 Å². The van der Waals surface area contributed by atoms with Gasteiger partial charge >= 0.3 is 0 Å². The van der Waals surface area contributed by atoms with Crippen molar-refractivity contribution in [2.45, 2.75) is 19.3 Å². The summed E-state index contributed by atoms with van der Waals surface area (Å²) in [6.07, 6.45) is 3.26. The Bertz CT molecular complexity index is 546. The SMILES string of the molecule is CNCCC1CCN(C(=O)c2cccc(OCC(N)=O)c2)CC1.Cl. The Hall–Kier alpha value is -1.79. The molecule has 0 aromatic heterocycles. The highest BCUT2D eigenvalue weighted by Crippen LogP contribution is 2.22. The second-order valence-electron chi connectivity index (χ2n) is 5.91. The highest BCUT2D eigenvalue weighted by atomic mass is 35.5. The monoisotopic (exact) mass is 355 g/mol. The zero-order chi connectivity index (χ0) is 16.7.